The molecule has 1 aromatic rings. The van der Waals surface area contributed by atoms with Crippen LogP contribution in [0.25, 0.3) is 0 Å². The quantitative estimate of drug-likeness (QED) is 0.746. The predicted molar refractivity (Wildman–Crippen MR) is 98.2 cm³/mol. The van der Waals surface area contributed by atoms with Gasteiger partial charge in [0.25, 0.3) is 0 Å². The van der Waals surface area contributed by atoms with E-state index in [0.717, 1.165) is 37.9 Å². The van der Waals surface area contributed by atoms with Gasteiger partial charge in [0.2, 0.25) is 0 Å². The predicted octanol–water partition coefficient (Wildman–Crippen LogP) is 4.20. The minimum absolute atomic E-state index is 0.143. The first-order valence-electron chi connectivity index (χ1n) is 9.77. The number of ketones is 1. The zero-order chi connectivity index (χ0) is 18.5. The highest BCUT2D eigenvalue weighted by atomic mass is 16.6. The van der Waals surface area contributed by atoms with Crippen molar-refractivity contribution in [2.45, 2.75) is 70.3 Å². The molecule has 4 unspecified atom stereocenters. The standard InChI is InChI=1S/C22H28O4/c1-14(23)26-22-12-10-17-16-5-4-6-20(25-3)18(16)7-8-19(17)21(22,2)11-9-15(24)13-22/h4-6,17,19H,7-13H2,1-3H3. The number of methoxy groups -OCH3 is 1. The SMILES string of the molecule is COc1cccc2c1CCC1C2CCC2(OC(C)=O)CC(=O)CCC12C. The van der Waals surface area contributed by atoms with Crippen LogP contribution in [-0.2, 0) is 20.7 Å². The summed E-state index contributed by atoms with van der Waals surface area (Å²) in [6.45, 7) is 3.74. The summed E-state index contributed by atoms with van der Waals surface area (Å²) >= 11 is 0. The van der Waals surface area contributed by atoms with E-state index >= 15 is 0 Å². The maximum atomic E-state index is 12.3. The number of hydrogen-bond acceptors (Lipinski definition) is 4. The van der Waals surface area contributed by atoms with Crippen molar-refractivity contribution in [2.24, 2.45) is 11.3 Å². The third-order valence-electron chi connectivity index (χ3n) is 7.44. The lowest BCUT2D eigenvalue weighted by atomic mass is 9.47. The van der Waals surface area contributed by atoms with Gasteiger partial charge in [0.05, 0.1) is 7.11 Å². The Hall–Kier alpha value is -1.84. The van der Waals surface area contributed by atoms with Gasteiger partial charge < -0.3 is 9.47 Å². The van der Waals surface area contributed by atoms with Gasteiger partial charge in [0.15, 0.2) is 0 Å². The number of Topliss-reactive ketones (excluding diaryl/α,β-unsaturated/α-hetero) is 1. The van der Waals surface area contributed by atoms with Crippen LogP contribution in [-0.4, -0.2) is 24.5 Å². The van der Waals surface area contributed by atoms with Crippen LogP contribution in [0.4, 0.5) is 0 Å². The zero-order valence-electron chi connectivity index (χ0n) is 16.0. The molecule has 0 aromatic heterocycles. The average molecular weight is 356 g/mol. The smallest absolute Gasteiger partial charge is 0.303 e. The number of esters is 1. The molecule has 4 nitrogen and oxygen atoms in total. The minimum Gasteiger partial charge on any atom is -0.496 e. The third kappa shape index (κ3) is 2.41. The number of hydrogen-bond donors (Lipinski definition) is 0. The molecule has 2 fully saturated rings. The Bertz CT molecular complexity index is 751. The fourth-order valence-electron chi connectivity index (χ4n) is 6.23. The van der Waals surface area contributed by atoms with Crippen LogP contribution in [0.1, 0.15) is 69.4 Å². The minimum atomic E-state index is -0.619. The highest BCUT2D eigenvalue weighted by molar-refractivity contribution is 5.81. The molecule has 0 saturated heterocycles. The van der Waals surface area contributed by atoms with Crippen LogP contribution in [0.3, 0.4) is 0 Å². The maximum Gasteiger partial charge on any atom is 0.303 e. The number of rotatable bonds is 2. The van der Waals surface area contributed by atoms with Crippen LogP contribution in [0.15, 0.2) is 18.2 Å². The molecule has 2 saturated carbocycles. The summed E-state index contributed by atoms with van der Waals surface area (Å²) in [6.07, 6.45) is 5.59. The first-order valence-corrected chi connectivity index (χ1v) is 9.77. The Morgan fingerprint density at radius 3 is 2.73 bits per heavy atom. The molecule has 1 aromatic carbocycles. The van der Waals surface area contributed by atoms with Gasteiger partial charge in [-0.05, 0) is 61.1 Å². The largest absolute Gasteiger partial charge is 0.496 e. The van der Waals surface area contributed by atoms with E-state index in [2.05, 4.69) is 19.1 Å². The Kier molecular flexibility index (Phi) is 4.13. The Morgan fingerprint density at radius 2 is 2.00 bits per heavy atom. The van der Waals surface area contributed by atoms with E-state index in [1.807, 2.05) is 6.07 Å². The summed E-state index contributed by atoms with van der Waals surface area (Å²) in [7, 11) is 1.74. The van der Waals surface area contributed by atoms with Crippen molar-refractivity contribution in [1.82, 2.24) is 0 Å². The molecular formula is C22H28O4. The molecule has 0 heterocycles. The molecular weight excluding hydrogens is 328 g/mol. The average Bonchev–Trinajstić information content (AvgIpc) is 2.61. The number of benzene rings is 1. The second-order valence-corrected chi connectivity index (χ2v) is 8.54. The van der Waals surface area contributed by atoms with Crippen molar-refractivity contribution in [3.63, 3.8) is 0 Å². The summed E-state index contributed by atoms with van der Waals surface area (Å²) in [4.78, 5) is 24.2. The van der Waals surface area contributed by atoms with Crippen molar-refractivity contribution in [3.8, 4) is 5.75 Å². The summed E-state index contributed by atoms with van der Waals surface area (Å²) in [6, 6.07) is 6.37. The molecule has 3 aliphatic carbocycles. The molecule has 0 spiro atoms. The summed E-state index contributed by atoms with van der Waals surface area (Å²) in [5.74, 6) is 1.85. The van der Waals surface area contributed by atoms with Crippen molar-refractivity contribution in [3.05, 3.63) is 29.3 Å². The van der Waals surface area contributed by atoms with E-state index in [1.165, 1.54) is 18.1 Å². The van der Waals surface area contributed by atoms with Crippen molar-refractivity contribution in [1.29, 1.82) is 0 Å². The molecule has 3 aliphatic rings. The summed E-state index contributed by atoms with van der Waals surface area (Å²) < 4.78 is 11.6. The first kappa shape index (κ1) is 17.6. The number of carbonyl (C=O) groups excluding carboxylic acids is 2. The molecule has 0 aliphatic heterocycles. The van der Waals surface area contributed by atoms with Gasteiger partial charge in [-0.15, -0.1) is 0 Å². The number of ether oxygens (including phenoxy) is 2. The van der Waals surface area contributed by atoms with Crippen molar-refractivity contribution in [2.75, 3.05) is 7.11 Å². The molecule has 0 radical (unpaired) electrons. The summed E-state index contributed by atoms with van der Waals surface area (Å²) in [5, 5.41) is 0. The zero-order valence-corrected chi connectivity index (χ0v) is 16.0. The maximum absolute atomic E-state index is 12.3. The first-order chi connectivity index (χ1) is 12.4. The van der Waals surface area contributed by atoms with Crippen LogP contribution >= 0.6 is 0 Å². The number of fused-ring (bicyclic) bond motifs is 5. The van der Waals surface area contributed by atoms with E-state index in [0.29, 0.717) is 24.7 Å². The molecule has 0 amide bonds. The van der Waals surface area contributed by atoms with E-state index in [-0.39, 0.29) is 17.2 Å². The van der Waals surface area contributed by atoms with Gasteiger partial charge >= 0.3 is 5.97 Å². The van der Waals surface area contributed by atoms with Gasteiger partial charge in [-0.1, -0.05) is 19.1 Å². The van der Waals surface area contributed by atoms with Crippen molar-refractivity contribution < 1.29 is 19.1 Å². The van der Waals surface area contributed by atoms with E-state index < -0.39 is 5.60 Å². The van der Waals surface area contributed by atoms with Crippen LogP contribution in [0, 0.1) is 11.3 Å². The molecule has 0 N–H and O–H groups in total. The monoisotopic (exact) mass is 356 g/mol. The normalized spacial score (nSPS) is 35.7. The van der Waals surface area contributed by atoms with E-state index in [1.54, 1.807) is 7.11 Å². The Balaban J connectivity index is 1.77. The lowest BCUT2D eigenvalue weighted by Crippen LogP contribution is -2.61. The lowest BCUT2D eigenvalue weighted by molar-refractivity contribution is -0.206. The van der Waals surface area contributed by atoms with E-state index in [9.17, 15) is 9.59 Å². The molecule has 4 heteroatoms. The molecule has 4 rings (SSSR count). The third-order valence-corrected chi connectivity index (χ3v) is 7.44. The van der Waals surface area contributed by atoms with Crippen LogP contribution in [0.5, 0.6) is 5.75 Å². The Morgan fingerprint density at radius 1 is 1.19 bits per heavy atom. The lowest BCUT2D eigenvalue weighted by Gasteiger charge is -2.60. The van der Waals surface area contributed by atoms with Gasteiger partial charge in [0.1, 0.15) is 17.1 Å². The number of carbonyl (C=O) groups is 2. The fraction of sp³-hybridized carbons (Fsp3) is 0.636. The van der Waals surface area contributed by atoms with Gasteiger partial charge in [0, 0.05) is 25.2 Å². The second-order valence-electron chi connectivity index (χ2n) is 8.54. The van der Waals surface area contributed by atoms with Gasteiger partial charge in [-0.25, -0.2) is 0 Å². The van der Waals surface area contributed by atoms with Gasteiger partial charge in [-0.2, -0.15) is 0 Å². The molecule has 0 bridgehead atoms. The topological polar surface area (TPSA) is 52.6 Å². The summed E-state index contributed by atoms with van der Waals surface area (Å²) in [5.41, 5.74) is 1.98. The van der Waals surface area contributed by atoms with Crippen LogP contribution < -0.4 is 4.74 Å². The van der Waals surface area contributed by atoms with Crippen molar-refractivity contribution >= 4 is 11.8 Å². The molecule has 140 valence electrons. The highest BCUT2D eigenvalue weighted by Gasteiger charge is 2.62. The molecule has 26 heavy (non-hydrogen) atoms. The molecule has 4 atom stereocenters. The van der Waals surface area contributed by atoms with Gasteiger partial charge in [-0.3, -0.25) is 9.59 Å². The second kappa shape index (κ2) is 6.11. The fourth-order valence-corrected chi connectivity index (χ4v) is 6.23. The van der Waals surface area contributed by atoms with E-state index in [4.69, 9.17) is 9.47 Å². The van der Waals surface area contributed by atoms with Crippen LogP contribution in [0.2, 0.25) is 0 Å². The highest BCUT2D eigenvalue weighted by Crippen LogP contribution is 2.63. The Labute approximate surface area is 155 Å².